The SMILES string of the molecule is Cc1ccc(C)c(I)c1C. The number of benzene rings is 1. The predicted octanol–water partition coefficient (Wildman–Crippen LogP) is 3.22. The van der Waals surface area contributed by atoms with E-state index < -0.39 is 0 Å². The lowest BCUT2D eigenvalue weighted by Gasteiger charge is -2.04. The average Bonchev–Trinajstić information content (AvgIpc) is 1.93. The maximum Gasteiger partial charge on any atom is 0.0191 e. The van der Waals surface area contributed by atoms with Crippen molar-refractivity contribution in [2.24, 2.45) is 0 Å². The van der Waals surface area contributed by atoms with Gasteiger partial charge >= 0.3 is 0 Å². The first-order chi connectivity index (χ1) is 4.63. The van der Waals surface area contributed by atoms with Crippen LogP contribution in [0.1, 0.15) is 16.7 Å². The van der Waals surface area contributed by atoms with Gasteiger partial charge in [0.1, 0.15) is 0 Å². The molecule has 1 rings (SSSR count). The molecule has 10 heavy (non-hydrogen) atoms. The van der Waals surface area contributed by atoms with Gasteiger partial charge in [-0.2, -0.15) is 0 Å². The fraction of sp³-hybridized carbons (Fsp3) is 0.333. The molecule has 0 nitrogen and oxygen atoms in total. The van der Waals surface area contributed by atoms with Gasteiger partial charge in [0, 0.05) is 3.57 Å². The summed E-state index contributed by atoms with van der Waals surface area (Å²) in [5, 5.41) is 0. The molecular weight excluding hydrogens is 235 g/mol. The molecule has 1 aromatic rings. The van der Waals surface area contributed by atoms with Crippen LogP contribution in [0.4, 0.5) is 0 Å². The molecule has 1 heteroatoms. The average molecular weight is 246 g/mol. The fourth-order valence-electron chi connectivity index (χ4n) is 0.917. The van der Waals surface area contributed by atoms with Gasteiger partial charge in [0.05, 0.1) is 0 Å². The van der Waals surface area contributed by atoms with Gasteiger partial charge in [-0.3, -0.25) is 0 Å². The van der Waals surface area contributed by atoms with Crippen LogP contribution in [0.3, 0.4) is 0 Å². The summed E-state index contributed by atoms with van der Waals surface area (Å²) in [5.74, 6) is 0. The zero-order valence-corrected chi connectivity index (χ0v) is 8.69. The number of rotatable bonds is 0. The first-order valence-corrected chi connectivity index (χ1v) is 4.43. The minimum Gasteiger partial charge on any atom is -0.0587 e. The lowest BCUT2D eigenvalue weighted by molar-refractivity contribution is 1.27. The Hall–Kier alpha value is -0.0500. The lowest BCUT2D eigenvalue weighted by Crippen LogP contribution is -1.88. The van der Waals surface area contributed by atoms with Gasteiger partial charge in [0.25, 0.3) is 0 Å². The Labute approximate surface area is 75.8 Å². The van der Waals surface area contributed by atoms with Crippen molar-refractivity contribution < 1.29 is 0 Å². The highest BCUT2D eigenvalue weighted by Gasteiger charge is 1.99. The highest BCUT2D eigenvalue weighted by Crippen LogP contribution is 2.18. The van der Waals surface area contributed by atoms with E-state index in [9.17, 15) is 0 Å². The van der Waals surface area contributed by atoms with Gasteiger partial charge in [0.15, 0.2) is 0 Å². The molecule has 1 aromatic carbocycles. The molecule has 0 spiro atoms. The Balaban J connectivity index is 3.34. The molecule has 0 atom stereocenters. The molecule has 0 saturated heterocycles. The summed E-state index contributed by atoms with van der Waals surface area (Å²) < 4.78 is 1.40. The van der Waals surface area contributed by atoms with Gasteiger partial charge < -0.3 is 0 Å². The third-order valence-electron chi connectivity index (χ3n) is 1.85. The van der Waals surface area contributed by atoms with Crippen molar-refractivity contribution in [2.45, 2.75) is 20.8 Å². The molecule has 0 unspecified atom stereocenters. The first kappa shape index (κ1) is 8.05. The number of halogens is 1. The maximum atomic E-state index is 2.39. The Bertz CT molecular complexity index is 224. The Kier molecular flexibility index (Phi) is 2.34. The van der Waals surface area contributed by atoms with E-state index in [-0.39, 0.29) is 0 Å². The van der Waals surface area contributed by atoms with E-state index in [0.717, 1.165) is 0 Å². The van der Waals surface area contributed by atoms with Crippen LogP contribution in [0.25, 0.3) is 0 Å². The van der Waals surface area contributed by atoms with Crippen molar-refractivity contribution in [3.8, 4) is 0 Å². The van der Waals surface area contributed by atoms with Gasteiger partial charge in [-0.1, -0.05) is 12.1 Å². The summed E-state index contributed by atoms with van der Waals surface area (Å²) in [6.07, 6.45) is 0. The minimum absolute atomic E-state index is 1.38. The Morgan fingerprint density at radius 2 is 1.50 bits per heavy atom. The van der Waals surface area contributed by atoms with Crippen LogP contribution in [0.5, 0.6) is 0 Å². The maximum absolute atomic E-state index is 2.39. The van der Waals surface area contributed by atoms with Crippen molar-refractivity contribution in [2.75, 3.05) is 0 Å². The van der Waals surface area contributed by atoms with Crippen LogP contribution >= 0.6 is 22.6 Å². The van der Waals surface area contributed by atoms with Crippen molar-refractivity contribution in [1.82, 2.24) is 0 Å². The zero-order valence-electron chi connectivity index (χ0n) is 6.53. The van der Waals surface area contributed by atoms with Gasteiger partial charge in [-0.15, -0.1) is 0 Å². The molecule has 0 heterocycles. The van der Waals surface area contributed by atoms with Gasteiger partial charge in [0.2, 0.25) is 0 Å². The van der Waals surface area contributed by atoms with E-state index >= 15 is 0 Å². The van der Waals surface area contributed by atoms with E-state index in [1.165, 1.54) is 20.3 Å². The molecule has 0 aliphatic heterocycles. The van der Waals surface area contributed by atoms with E-state index in [0.29, 0.717) is 0 Å². The standard InChI is InChI=1S/C9H11I/c1-6-4-5-7(2)9(10)8(6)3/h4-5H,1-3H3. The van der Waals surface area contributed by atoms with Gasteiger partial charge in [-0.25, -0.2) is 0 Å². The monoisotopic (exact) mass is 246 g/mol. The Morgan fingerprint density at radius 1 is 1.00 bits per heavy atom. The van der Waals surface area contributed by atoms with Crippen LogP contribution in [0, 0.1) is 24.3 Å². The predicted molar refractivity (Wildman–Crippen MR) is 53.4 cm³/mol. The quantitative estimate of drug-likeness (QED) is 0.616. The molecule has 0 bridgehead atoms. The number of hydrogen-bond donors (Lipinski definition) is 0. The highest BCUT2D eigenvalue weighted by atomic mass is 127. The van der Waals surface area contributed by atoms with Crippen LogP contribution in [0.2, 0.25) is 0 Å². The molecule has 0 aliphatic rings. The highest BCUT2D eigenvalue weighted by molar-refractivity contribution is 14.1. The molecule has 0 aliphatic carbocycles. The third-order valence-corrected chi connectivity index (χ3v) is 3.51. The number of hydrogen-bond acceptors (Lipinski definition) is 0. The smallest absolute Gasteiger partial charge is 0.0191 e. The molecule has 0 radical (unpaired) electrons. The summed E-state index contributed by atoms with van der Waals surface area (Å²) in [5.41, 5.74) is 4.18. The molecule has 0 N–H and O–H groups in total. The normalized spacial score (nSPS) is 10.0. The Morgan fingerprint density at radius 3 is 2.00 bits per heavy atom. The number of aryl methyl sites for hydroxylation is 2. The summed E-state index contributed by atoms with van der Waals surface area (Å²) in [6.45, 7) is 6.47. The molecule has 0 fully saturated rings. The molecule has 0 aromatic heterocycles. The van der Waals surface area contributed by atoms with Crippen molar-refractivity contribution in [3.05, 3.63) is 32.4 Å². The third kappa shape index (κ3) is 1.34. The zero-order chi connectivity index (χ0) is 7.72. The summed E-state index contributed by atoms with van der Waals surface area (Å²) in [7, 11) is 0. The van der Waals surface area contributed by atoms with Gasteiger partial charge in [-0.05, 0) is 60.1 Å². The summed E-state index contributed by atoms with van der Waals surface area (Å²) in [6, 6.07) is 4.34. The van der Waals surface area contributed by atoms with E-state index in [1.807, 2.05) is 0 Å². The lowest BCUT2D eigenvalue weighted by atomic mass is 10.1. The molecular formula is C9H11I. The van der Waals surface area contributed by atoms with Crippen LogP contribution in [-0.4, -0.2) is 0 Å². The first-order valence-electron chi connectivity index (χ1n) is 3.35. The molecule has 0 amide bonds. The van der Waals surface area contributed by atoms with Crippen LogP contribution < -0.4 is 0 Å². The van der Waals surface area contributed by atoms with E-state index in [2.05, 4.69) is 55.5 Å². The van der Waals surface area contributed by atoms with Crippen LogP contribution in [-0.2, 0) is 0 Å². The second-order valence-corrected chi connectivity index (χ2v) is 3.72. The second-order valence-electron chi connectivity index (χ2n) is 2.64. The van der Waals surface area contributed by atoms with Crippen molar-refractivity contribution in [3.63, 3.8) is 0 Å². The summed E-state index contributed by atoms with van der Waals surface area (Å²) in [4.78, 5) is 0. The fourth-order valence-corrected chi connectivity index (χ4v) is 1.52. The topological polar surface area (TPSA) is 0 Å². The molecule has 0 saturated carbocycles. The van der Waals surface area contributed by atoms with Crippen molar-refractivity contribution >= 4 is 22.6 Å². The summed E-state index contributed by atoms with van der Waals surface area (Å²) >= 11 is 2.39. The minimum atomic E-state index is 1.38. The largest absolute Gasteiger partial charge is 0.0587 e. The van der Waals surface area contributed by atoms with E-state index in [4.69, 9.17) is 0 Å². The molecule has 54 valence electrons. The second kappa shape index (κ2) is 2.91. The van der Waals surface area contributed by atoms with Crippen molar-refractivity contribution in [1.29, 1.82) is 0 Å². The van der Waals surface area contributed by atoms with E-state index in [1.54, 1.807) is 0 Å². The van der Waals surface area contributed by atoms with Crippen LogP contribution in [0.15, 0.2) is 12.1 Å².